The Labute approximate surface area is 162 Å². The van der Waals surface area contributed by atoms with E-state index >= 15 is 0 Å². The van der Waals surface area contributed by atoms with Crippen LogP contribution in [-0.4, -0.2) is 54.2 Å². The molecule has 1 N–H and O–H groups in total. The number of rotatable bonds is 4. The molecular formula is C19H23N3O2S2. The van der Waals surface area contributed by atoms with Gasteiger partial charge in [0.1, 0.15) is 0 Å². The molecule has 0 aliphatic carbocycles. The van der Waals surface area contributed by atoms with E-state index in [0.29, 0.717) is 32.6 Å². The third kappa shape index (κ3) is 5.02. The second-order valence-corrected chi connectivity index (χ2v) is 7.85. The lowest BCUT2D eigenvalue weighted by molar-refractivity contribution is -0.130. The molecule has 3 rings (SSSR count). The van der Waals surface area contributed by atoms with E-state index in [2.05, 4.69) is 5.32 Å². The molecule has 5 nitrogen and oxygen atoms in total. The Morgan fingerprint density at radius 3 is 2.73 bits per heavy atom. The average molecular weight is 390 g/mol. The van der Waals surface area contributed by atoms with E-state index in [1.165, 1.54) is 0 Å². The van der Waals surface area contributed by atoms with Crippen LogP contribution in [0.3, 0.4) is 0 Å². The van der Waals surface area contributed by atoms with E-state index < -0.39 is 0 Å². The zero-order valence-corrected chi connectivity index (χ0v) is 16.4. The summed E-state index contributed by atoms with van der Waals surface area (Å²) >= 11 is 3.25. The summed E-state index contributed by atoms with van der Waals surface area (Å²) in [5, 5.41) is 6.97. The predicted molar refractivity (Wildman–Crippen MR) is 108 cm³/mol. The van der Waals surface area contributed by atoms with Crippen LogP contribution in [0.1, 0.15) is 12.0 Å². The fraction of sp³-hybridized carbons (Fsp3) is 0.368. The number of hydrogen-bond donors (Lipinski definition) is 1. The monoisotopic (exact) mass is 389 g/mol. The van der Waals surface area contributed by atoms with Crippen molar-refractivity contribution in [1.29, 1.82) is 0 Å². The molecular weight excluding hydrogens is 366 g/mol. The van der Waals surface area contributed by atoms with Crippen LogP contribution < -0.4 is 5.32 Å². The van der Waals surface area contributed by atoms with Crippen molar-refractivity contribution in [2.45, 2.75) is 17.7 Å². The summed E-state index contributed by atoms with van der Waals surface area (Å²) < 4.78 is 0. The number of amides is 3. The van der Waals surface area contributed by atoms with Gasteiger partial charge in [0.25, 0.3) is 0 Å². The van der Waals surface area contributed by atoms with Crippen molar-refractivity contribution >= 4 is 40.7 Å². The maximum atomic E-state index is 12.6. The van der Waals surface area contributed by atoms with E-state index in [1.54, 1.807) is 28.0 Å². The van der Waals surface area contributed by atoms with E-state index in [9.17, 15) is 9.59 Å². The van der Waals surface area contributed by atoms with Crippen molar-refractivity contribution in [3.05, 3.63) is 46.7 Å². The standard InChI is InChI=1S/C19H23N3O2S2/c1-25-17-5-2-4-16(13-17)20-19(24)22-8-3-7-21(9-10-22)18(23)12-15-6-11-26-14-15/h2,4-6,11,13-14H,3,7-10,12H2,1H3,(H,20,24). The number of carbonyl (C=O) groups is 2. The van der Waals surface area contributed by atoms with Crippen molar-refractivity contribution in [2.75, 3.05) is 37.8 Å². The lowest BCUT2D eigenvalue weighted by Gasteiger charge is -2.22. The number of hydrogen-bond acceptors (Lipinski definition) is 4. The topological polar surface area (TPSA) is 52.7 Å². The molecule has 2 aromatic rings. The summed E-state index contributed by atoms with van der Waals surface area (Å²) in [5.41, 5.74) is 1.86. The van der Waals surface area contributed by atoms with Gasteiger partial charge in [-0.05, 0) is 53.3 Å². The maximum absolute atomic E-state index is 12.6. The molecule has 3 amide bonds. The summed E-state index contributed by atoms with van der Waals surface area (Å²) in [7, 11) is 0. The van der Waals surface area contributed by atoms with Crippen molar-refractivity contribution in [1.82, 2.24) is 9.80 Å². The SMILES string of the molecule is CSc1cccc(NC(=O)N2CCCN(C(=O)Cc3ccsc3)CC2)c1. The van der Waals surface area contributed by atoms with Crippen LogP contribution >= 0.6 is 23.1 Å². The van der Waals surface area contributed by atoms with Crippen LogP contribution in [0.15, 0.2) is 46.0 Å². The molecule has 1 saturated heterocycles. The third-order valence-electron chi connectivity index (χ3n) is 4.39. The number of thiophene rings is 1. The van der Waals surface area contributed by atoms with Gasteiger partial charge in [-0.15, -0.1) is 11.8 Å². The highest BCUT2D eigenvalue weighted by Gasteiger charge is 2.22. The molecule has 1 aromatic heterocycles. The van der Waals surface area contributed by atoms with Crippen molar-refractivity contribution < 1.29 is 9.59 Å². The zero-order valence-electron chi connectivity index (χ0n) is 14.8. The Balaban J connectivity index is 1.54. The van der Waals surface area contributed by atoms with E-state index in [1.807, 2.05) is 52.2 Å². The van der Waals surface area contributed by atoms with Gasteiger partial charge in [-0.25, -0.2) is 4.79 Å². The predicted octanol–water partition coefficient (Wildman–Crippen LogP) is 3.78. The van der Waals surface area contributed by atoms with Crippen molar-refractivity contribution in [2.24, 2.45) is 0 Å². The number of nitrogens with one attached hydrogen (secondary N) is 1. The number of carbonyl (C=O) groups excluding carboxylic acids is 2. The van der Waals surface area contributed by atoms with Gasteiger partial charge in [0, 0.05) is 36.8 Å². The fourth-order valence-electron chi connectivity index (χ4n) is 2.95. The second kappa shape index (κ2) is 9.09. The number of anilines is 1. The summed E-state index contributed by atoms with van der Waals surface area (Å²) in [6.07, 6.45) is 3.25. The number of urea groups is 1. The second-order valence-electron chi connectivity index (χ2n) is 6.19. The first-order chi connectivity index (χ1) is 12.7. The first-order valence-electron chi connectivity index (χ1n) is 8.64. The molecule has 138 valence electrons. The molecule has 1 aliphatic heterocycles. The molecule has 1 fully saturated rings. The smallest absolute Gasteiger partial charge is 0.321 e. The van der Waals surface area contributed by atoms with Gasteiger partial charge >= 0.3 is 6.03 Å². The van der Waals surface area contributed by atoms with Crippen molar-refractivity contribution in [3.63, 3.8) is 0 Å². The molecule has 0 saturated carbocycles. The van der Waals surface area contributed by atoms with Crippen LogP contribution in [0.25, 0.3) is 0 Å². The molecule has 0 atom stereocenters. The van der Waals surface area contributed by atoms with Crippen LogP contribution in [0.5, 0.6) is 0 Å². The van der Waals surface area contributed by atoms with Gasteiger partial charge in [-0.2, -0.15) is 11.3 Å². The van der Waals surface area contributed by atoms with Crippen LogP contribution in [0.2, 0.25) is 0 Å². The van der Waals surface area contributed by atoms with E-state index in [0.717, 1.165) is 22.6 Å². The maximum Gasteiger partial charge on any atom is 0.321 e. The van der Waals surface area contributed by atoms with Gasteiger partial charge in [0.05, 0.1) is 6.42 Å². The molecule has 0 spiro atoms. The quantitative estimate of drug-likeness (QED) is 0.810. The summed E-state index contributed by atoms with van der Waals surface area (Å²) in [6.45, 7) is 2.51. The molecule has 0 radical (unpaired) electrons. The van der Waals surface area contributed by atoms with Gasteiger partial charge in [0.2, 0.25) is 5.91 Å². The van der Waals surface area contributed by atoms with E-state index in [-0.39, 0.29) is 11.9 Å². The molecule has 26 heavy (non-hydrogen) atoms. The molecule has 0 bridgehead atoms. The number of nitrogens with zero attached hydrogens (tertiary/aromatic N) is 2. The Hall–Kier alpha value is -1.99. The summed E-state index contributed by atoms with van der Waals surface area (Å²) in [4.78, 5) is 29.8. The van der Waals surface area contributed by atoms with Crippen LogP contribution in [0.4, 0.5) is 10.5 Å². The molecule has 0 unspecified atom stereocenters. The first kappa shape index (κ1) is 18.8. The Morgan fingerprint density at radius 2 is 1.96 bits per heavy atom. The van der Waals surface area contributed by atoms with Crippen LogP contribution in [-0.2, 0) is 11.2 Å². The van der Waals surface area contributed by atoms with Gasteiger partial charge in [0.15, 0.2) is 0 Å². The Bertz CT molecular complexity index is 749. The highest BCUT2D eigenvalue weighted by atomic mass is 32.2. The lowest BCUT2D eigenvalue weighted by atomic mass is 10.2. The van der Waals surface area contributed by atoms with E-state index in [4.69, 9.17) is 0 Å². The van der Waals surface area contributed by atoms with Gasteiger partial charge in [-0.3, -0.25) is 4.79 Å². The Morgan fingerprint density at radius 1 is 1.15 bits per heavy atom. The summed E-state index contributed by atoms with van der Waals surface area (Å²) in [6, 6.07) is 9.71. The van der Waals surface area contributed by atoms with Crippen molar-refractivity contribution in [3.8, 4) is 0 Å². The highest BCUT2D eigenvalue weighted by Crippen LogP contribution is 2.19. The first-order valence-corrected chi connectivity index (χ1v) is 10.8. The lowest BCUT2D eigenvalue weighted by Crippen LogP contribution is -2.39. The largest absolute Gasteiger partial charge is 0.341 e. The number of benzene rings is 1. The molecule has 1 aromatic carbocycles. The minimum absolute atomic E-state index is 0.101. The van der Waals surface area contributed by atoms with Crippen LogP contribution in [0, 0.1) is 0 Å². The van der Waals surface area contributed by atoms with Gasteiger partial charge < -0.3 is 15.1 Å². The molecule has 1 aliphatic rings. The fourth-order valence-corrected chi connectivity index (χ4v) is 4.08. The highest BCUT2D eigenvalue weighted by molar-refractivity contribution is 7.98. The number of thioether (sulfide) groups is 1. The minimum atomic E-state index is -0.101. The third-order valence-corrected chi connectivity index (χ3v) is 5.85. The minimum Gasteiger partial charge on any atom is -0.341 e. The molecule has 2 heterocycles. The zero-order chi connectivity index (χ0) is 18.4. The van der Waals surface area contributed by atoms with Gasteiger partial charge in [-0.1, -0.05) is 6.07 Å². The average Bonchev–Trinajstić information content (AvgIpc) is 3.02. The summed E-state index contributed by atoms with van der Waals surface area (Å²) in [5.74, 6) is 0.137. The Kier molecular flexibility index (Phi) is 6.57. The normalized spacial score (nSPS) is 14.8. The molecule has 7 heteroatoms.